The fourth-order valence-electron chi connectivity index (χ4n) is 0.715. The molecule has 0 fully saturated rings. The molecule has 3 nitrogen and oxygen atoms in total. The first kappa shape index (κ1) is 11.0. The standard InChI is InChI=1S/C8H14BrN3S/c1-8(2,4-9)5-13-7-10-6-11-12(7)3/h6H,4-5H2,1-3H3. The topological polar surface area (TPSA) is 30.7 Å². The molecule has 0 bridgehead atoms. The first-order chi connectivity index (χ1) is 6.05. The third-order valence-electron chi connectivity index (χ3n) is 1.62. The molecule has 0 unspecified atom stereocenters. The zero-order chi connectivity index (χ0) is 9.90. The summed E-state index contributed by atoms with van der Waals surface area (Å²) >= 11 is 5.24. The van der Waals surface area contributed by atoms with E-state index in [0.29, 0.717) is 5.41 Å². The Balaban J connectivity index is 2.48. The predicted octanol–water partition coefficient (Wildman–Crippen LogP) is 2.33. The van der Waals surface area contributed by atoms with Crippen LogP contribution in [-0.4, -0.2) is 25.8 Å². The van der Waals surface area contributed by atoms with E-state index in [1.165, 1.54) is 0 Å². The van der Waals surface area contributed by atoms with Crippen LogP contribution in [0.5, 0.6) is 0 Å². The Labute approximate surface area is 91.4 Å². The number of thioether (sulfide) groups is 1. The van der Waals surface area contributed by atoms with Crippen molar-refractivity contribution in [2.24, 2.45) is 12.5 Å². The smallest absolute Gasteiger partial charge is 0.185 e. The van der Waals surface area contributed by atoms with Crippen LogP contribution in [0.25, 0.3) is 0 Å². The van der Waals surface area contributed by atoms with Crippen LogP contribution in [0.4, 0.5) is 0 Å². The fourth-order valence-corrected chi connectivity index (χ4v) is 2.15. The van der Waals surface area contributed by atoms with Gasteiger partial charge in [-0.2, -0.15) is 5.10 Å². The maximum atomic E-state index is 4.15. The Hall–Kier alpha value is -0.0300. The Morgan fingerprint density at radius 1 is 1.62 bits per heavy atom. The summed E-state index contributed by atoms with van der Waals surface area (Å²) in [5.41, 5.74) is 0.302. The van der Waals surface area contributed by atoms with E-state index in [0.717, 1.165) is 16.2 Å². The van der Waals surface area contributed by atoms with E-state index in [4.69, 9.17) is 0 Å². The highest BCUT2D eigenvalue weighted by Gasteiger charge is 2.17. The van der Waals surface area contributed by atoms with Gasteiger partial charge in [-0.05, 0) is 5.41 Å². The molecule has 1 rings (SSSR count). The van der Waals surface area contributed by atoms with Gasteiger partial charge in [-0.25, -0.2) is 9.67 Å². The molecule has 1 aromatic heterocycles. The molecule has 0 N–H and O–H groups in total. The Kier molecular flexibility index (Phi) is 3.79. The van der Waals surface area contributed by atoms with Crippen LogP contribution < -0.4 is 0 Å². The molecule has 0 amide bonds. The summed E-state index contributed by atoms with van der Waals surface area (Å²) in [7, 11) is 1.91. The molecule has 0 aliphatic carbocycles. The summed E-state index contributed by atoms with van der Waals surface area (Å²) in [5.74, 6) is 1.05. The van der Waals surface area contributed by atoms with Crippen molar-refractivity contribution in [1.29, 1.82) is 0 Å². The molecule has 0 atom stereocenters. The molecule has 0 saturated carbocycles. The highest BCUT2D eigenvalue weighted by atomic mass is 79.9. The normalized spacial score (nSPS) is 12.0. The highest BCUT2D eigenvalue weighted by molar-refractivity contribution is 9.09. The molecule has 0 aliphatic heterocycles. The van der Waals surface area contributed by atoms with E-state index >= 15 is 0 Å². The van der Waals surface area contributed by atoms with Gasteiger partial charge >= 0.3 is 0 Å². The molecule has 74 valence electrons. The van der Waals surface area contributed by atoms with Gasteiger partial charge in [-0.15, -0.1) is 0 Å². The summed E-state index contributed by atoms with van der Waals surface area (Å²) in [6.45, 7) is 4.45. The molecular formula is C8H14BrN3S. The van der Waals surface area contributed by atoms with Gasteiger partial charge < -0.3 is 0 Å². The van der Waals surface area contributed by atoms with Crippen LogP contribution in [0.3, 0.4) is 0 Å². The number of rotatable bonds is 4. The Morgan fingerprint density at radius 3 is 2.77 bits per heavy atom. The van der Waals surface area contributed by atoms with E-state index in [9.17, 15) is 0 Å². The van der Waals surface area contributed by atoms with Gasteiger partial charge in [0.1, 0.15) is 6.33 Å². The lowest BCUT2D eigenvalue weighted by Gasteiger charge is -2.19. The molecular weight excluding hydrogens is 250 g/mol. The number of nitrogens with zero attached hydrogens (tertiary/aromatic N) is 3. The monoisotopic (exact) mass is 263 g/mol. The van der Waals surface area contributed by atoms with Crippen LogP contribution in [0, 0.1) is 5.41 Å². The van der Waals surface area contributed by atoms with E-state index in [1.54, 1.807) is 22.8 Å². The van der Waals surface area contributed by atoms with Crippen LogP contribution in [0.1, 0.15) is 13.8 Å². The molecule has 0 spiro atoms. The van der Waals surface area contributed by atoms with Gasteiger partial charge in [0.25, 0.3) is 0 Å². The van der Waals surface area contributed by atoms with E-state index < -0.39 is 0 Å². The summed E-state index contributed by atoms with van der Waals surface area (Å²) in [5, 5.41) is 6.00. The number of hydrogen-bond donors (Lipinski definition) is 0. The third kappa shape index (κ3) is 3.31. The van der Waals surface area contributed by atoms with Gasteiger partial charge in [-0.3, -0.25) is 0 Å². The van der Waals surface area contributed by atoms with Crippen LogP contribution in [0.2, 0.25) is 0 Å². The lowest BCUT2D eigenvalue weighted by atomic mass is 10.0. The van der Waals surface area contributed by atoms with Crippen molar-refractivity contribution in [2.75, 3.05) is 11.1 Å². The molecule has 0 saturated heterocycles. The summed E-state index contributed by atoms with van der Waals surface area (Å²) in [6, 6.07) is 0. The summed E-state index contributed by atoms with van der Waals surface area (Å²) in [4.78, 5) is 4.15. The van der Waals surface area contributed by atoms with E-state index in [2.05, 4.69) is 39.9 Å². The van der Waals surface area contributed by atoms with Crippen LogP contribution in [0.15, 0.2) is 11.5 Å². The number of alkyl halides is 1. The SMILES string of the molecule is Cn1ncnc1SCC(C)(C)CBr. The zero-order valence-electron chi connectivity index (χ0n) is 8.12. The number of aromatic nitrogens is 3. The maximum Gasteiger partial charge on any atom is 0.185 e. The average Bonchev–Trinajstić information content (AvgIpc) is 2.48. The van der Waals surface area contributed by atoms with E-state index in [1.807, 2.05) is 7.05 Å². The third-order valence-corrected chi connectivity index (χ3v) is 4.70. The van der Waals surface area contributed by atoms with Gasteiger partial charge in [-0.1, -0.05) is 41.5 Å². The molecule has 5 heteroatoms. The number of halogens is 1. The second-order valence-electron chi connectivity index (χ2n) is 3.75. The van der Waals surface area contributed by atoms with Gasteiger partial charge in [0.05, 0.1) is 0 Å². The molecule has 1 aromatic rings. The second kappa shape index (κ2) is 4.46. The van der Waals surface area contributed by atoms with Crippen molar-refractivity contribution in [3.63, 3.8) is 0 Å². The largest absolute Gasteiger partial charge is 0.244 e. The number of aryl methyl sites for hydroxylation is 1. The second-order valence-corrected chi connectivity index (χ2v) is 5.26. The van der Waals surface area contributed by atoms with Crippen molar-refractivity contribution in [1.82, 2.24) is 14.8 Å². The van der Waals surface area contributed by atoms with Gasteiger partial charge in [0, 0.05) is 18.1 Å². The molecule has 0 aromatic carbocycles. The van der Waals surface area contributed by atoms with Crippen LogP contribution in [-0.2, 0) is 7.05 Å². The maximum absolute atomic E-state index is 4.15. The van der Waals surface area contributed by atoms with Crippen molar-refractivity contribution < 1.29 is 0 Å². The van der Waals surface area contributed by atoms with Crippen molar-refractivity contribution in [2.45, 2.75) is 19.0 Å². The quantitative estimate of drug-likeness (QED) is 0.617. The highest BCUT2D eigenvalue weighted by Crippen LogP contribution is 2.27. The molecule has 0 aliphatic rings. The Bertz CT molecular complexity index is 272. The number of hydrogen-bond acceptors (Lipinski definition) is 3. The first-order valence-corrected chi connectivity index (χ1v) is 6.19. The van der Waals surface area contributed by atoms with Gasteiger partial charge in [0.2, 0.25) is 0 Å². The molecule has 0 radical (unpaired) electrons. The van der Waals surface area contributed by atoms with Gasteiger partial charge in [0.15, 0.2) is 5.16 Å². The summed E-state index contributed by atoms with van der Waals surface area (Å²) < 4.78 is 1.80. The minimum absolute atomic E-state index is 0.302. The van der Waals surface area contributed by atoms with Crippen molar-refractivity contribution in [3.05, 3.63) is 6.33 Å². The summed E-state index contributed by atoms with van der Waals surface area (Å²) in [6.07, 6.45) is 1.59. The molecule has 13 heavy (non-hydrogen) atoms. The fraction of sp³-hybridized carbons (Fsp3) is 0.750. The van der Waals surface area contributed by atoms with Crippen LogP contribution >= 0.6 is 27.7 Å². The molecule has 1 heterocycles. The first-order valence-electron chi connectivity index (χ1n) is 4.08. The van der Waals surface area contributed by atoms with E-state index in [-0.39, 0.29) is 0 Å². The minimum atomic E-state index is 0.302. The van der Waals surface area contributed by atoms with Crippen molar-refractivity contribution in [3.8, 4) is 0 Å². The zero-order valence-corrected chi connectivity index (χ0v) is 10.5. The van der Waals surface area contributed by atoms with Crippen molar-refractivity contribution >= 4 is 27.7 Å². The predicted molar refractivity (Wildman–Crippen MR) is 59.3 cm³/mol. The lowest BCUT2D eigenvalue weighted by Crippen LogP contribution is -2.16. The lowest BCUT2D eigenvalue weighted by molar-refractivity contribution is 0.495. The minimum Gasteiger partial charge on any atom is -0.244 e. The average molecular weight is 264 g/mol. The Morgan fingerprint density at radius 2 is 2.31 bits per heavy atom.